The first kappa shape index (κ1) is 12.6. The maximum Gasteiger partial charge on any atom is 0.241 e. The second-order valence-corrected chi connectivity index (χ2v) is 5.68. The molecule has 1 unspecified atom stereocenters. The van der Waals surface area contributed by atoms with E-state index in [1.165, 1.54) is 5.56 Å². The third kappa shape index (κ3) is 2.51. The van der Waals surface area contributed by atoms with Gasteiger partial charge in [0.25, 0.3) is 0 Å². The van der Waals surface area contributed by atoms with Crippen LogP contribution in [0, 0.1) is 0 Å². The lowest BCUT2D eigenvalue weighted by Crippen LogP contribution is -2.54. The number of carbonyl (C=O) groups excluding carboxylic acids is 1. The standard InChI is InChI=1S/C15H21N3O/c1-12-16-14(19)15(17-12)7-9-18(10-8-15)11-13-5-3-2-4-6-13/h2-6,12,17H,7-11H2,1H3,(H,16,19). The van der Waals surface area contributed by atoms with Gasteiger partial charge < -0.3 is 5.32 Å². The van der Waals surface area contributed by atoms with Gasteiger partial charge in [-0.05, 0) is 25.3 Å². The molecule has 2 fully saturated rings. The molecule has 2 N–H and O–H groups in total. The van der Waals surface area contributed by atoms with Gasteiger partial charge in [-0.3, -0.25) is 15.0 Å². The van der Waals surface area contributed by atoms with Crippen molar-refractivity contribution >= 4 is 5.91 Å². The van der Waals surface area contributed by atoms with Crippen LogP contribution in [0.5, 0.6) is 0 Å². The molecule has 0 aliphatic carbocycles. The molecule has 1 atom stereocenters. The summed E-state index contributed by atoms with van der Waals surface area (Å²) in [6, 6.07) is 10.5. The lowest BCUT2D eigenvalue weighted by atomic mass is 9.87. The van der Waals surface area contributed by atoms with E-state index in [0.717, 1.165) is 32.5 Å². The fourth-order valence-corrected chi connectivity index (χ4v) is 3.16. The summed E-state index contributed by atoms with van der Waals surface area (Å²) < 4.78 is 0. The van der Waals surface area contributed by atoms with Crippen LogP contribution >= 0.6 is 0 Å². The number of likely N-dealkylation sites (tertiary alicyclic amines) is 1. The maximum atomic E-state index is 12.0. The average Bonchev–Trinajstić information content (AvgIpc) is 2.68. The lowest BCUT2D eigenvalue weighted by Gasteiger charge is -2.37. The van der Waals surface area contributed by atoms with Gasteiger partial charge in [-0.1, -0.05) is 30.3 Å². The molecular formula is C15H21N3O. The number of nitrogens with zero attached hydrogens (tertiary/aromatic N) is 1. The third-order valence-electron chi connectivity index (χ3n) is 4.23. The molecule has 2 aliphatic rings. The topological polar surface area (TPSA) is 44.4 Å². The number of nitrogens with one attached hydrogen (secondary N) is 2. The van der Waals surface area contributed by atoms with Gasteiger partial charge in [0.15, 0.2) is 0 Å². The Morgan fingerprint density at radius 1 is 1.26 bits per heavy atom. The van der Waals surface area contributed by atoms with Crippen LogP contribution in [0.4, 0.5) is 0 Å². The Labute approximate surface area is 114 Å². The van der Waals surface area contributed by atoms with Crippen molar-refractivity contribution in [2.45, 2.75) is 38.0 Å². The summed E-state index contributed by atoms with van der Waals surface area (Å²) in [5.74, 6) is 0.180. The minimum atomic E-state index is -0.313. The molecule has 3 rings (SSSR count). The Bertz CT molecular complexity index is 452. The second kappa shape index (κ2) is 4.94. The van der Waals surface area contributed by atoms with Gasteiger partial charge in [0, 0.05) is 19.6 Å². The quantitative estimate of drug-likeness (QED) is 0.835. The van der Waals surface area contributed by atoms with Crippen LogP contribution in [0.3, 0.4) is 0 Å². The highest BCUT2D eigenvalue weighted by Gasteiger charge is 2.46. The van der Waals surface area contributed by atoms with Gasteiger partial charge in [0.05, 0.1) is 6.17 Å². The highest BCUT2D eigenvalue weighted by molar-refractivity contribution is 5.88. The molecule has 1 amide bonds. The first-order valence-corrected chi connectivity index (χ1v) is 7.03. The Morgan fingerprint density at radius 2 is 1.95 bits per heavy atom. The third-order valence-corrected chi connectivity index (χ3v) is 4.23. The maximum absolute atomic E-state index is 12.0. The Morgan fingerprint density at radius 3 is 2.53 bits per heavy atom. The molecule has 0 saturated carbocycles. The number of carbonyl (C=O) groups is 1. The summed E-state index contributed by atoms with van der Waals surface area (Å²) in [7, 11) is 0. The number of benzene rings is 1. The van der Waals surface area contributed by atoms with E-state index in [0.29, 0.717) is 0 Å². The van der Waals surface area contributed by atoms with E-state index in [2.05, 4.69) is 39.8 Å². The molecular weight excluding hydrogens is 238 g/mol. The molecule has 4 nitrogen and oxygen atoms in total. The van der Waals surface area contributed by atoms with Crippen molar-refractivity contribution in [1.82, 2.24) is 15.5 Å². The van der Waals surface area contributed by atoms with E-state index in [1.54, 1.807) is 0 Å². The summed E-state index contributed by atoms with van der Waals surface area (Å²) in [6.07, 6.45) is 1.90. The van der Waals surface area contributed by atoms with E-state index in [1.807, 2.05) is 13.0 Å². The summed E-state index contributed by atoms with van der Waals surface area (Å²) in [5.41, 5.74) is 1.03. The number of hydrogen-bond donors (Lipinski definition) is 2. The SMILES string of the molecule is CC1NC(=O)C2(CCN(Cc3ccccc3)CC2)N1. The molecule has 4 heteroatoms. The van der Waals surface area contributed by atoms with Gasteiger partial charge >= 0.3 is 0 Å². The molecule has 2 aliphatic heterocycles. The number of hydrogen-bond acceptors (Lipinski definition) is 3. The van der Waals surface area contributed by atoms with Crippen LogP contribution in [-0.4, -0.2) is 35.6 Å². The second-order valence-electron chi connectivity index (χ2n) is 5.68. The molecule has 1 aromatic carbocycles. The zero-order chi connectivity index (χ0) is 13.3. The molecule has 0 aromatic heterocycles. The highest BCUT2D eigenvalue weighted by Crippen LogP contribution is 2.27. The van der Waals surface area contributed by atoms with Crippen LogP contribution in [0.2, 0.25) is 0 Å². The molecule has 102 valence electrons. The van der Waals surface area contributed by atoms with Crippen molar-refractivity contribution in [3.8, 4) is 0 Å². The van der Waals surface area contributed by atoms with Gasteiger partial charge in [0.1, 0.15) is 5.54 Å². The van der Waals surface area contributed by atoms with Crippen LogP contribution in [0.15, 0.2) is 30.3 Å². The molecule has 2 heterocycles. The Kier molecular flexibility index (Phi) is 3.29. The largest absolute Gasteiger partial charge is 0.339 e. The van der Waals surface area contributed by atoms with Gasteiger partial charge in [0.2, 0.25) is 5.91 Å². The minimum Gasteiger partial charge on any atom is -0.339 e. The predicted molar refractivity (Wildman–Crippen MR) is 74.4 cm³/mol. The summed E-state index contributed by atoms with van der Waals surface area (Å²) >= 11 is 0. The van der Waals surface area contributed by atoms with Crippen molar-refractivity contribution in [2.75, 3.05) is 13.1 Å². The Hall–Kier alpha value is -1.39. The summed E-state index contributed by atoms with van der Waals surface area (Å²) in [4.78, 5) is 14.5. The summed E-state index contributed by atoms with van der Waals surface area (Å²) in [6.45, 7) is 4.93. The van der Waals surface area contributed by atoms with Crippen molar-refractivity contribution in [3.63, 3.8) is 0 Å². The zero-order valence-electron chi connectivity index (χ0n) is 11.4. The van der Waals surface area contributed by atoms with Crippen LogP contribution in [-0.2, 0) is 11.3 Å². The lowest BCUT2D eigenvalue weighted by molar-refractivity contribution is -0.125. The van der Waals surface area contributed by atoms with Gasteiger partial charge in [-0.15, -0.1) is 0 Å². The van der Waals surface area contributed by atoms with Gasteiger partial charge in [-0.2, -0.15) is 0 Å². The van der Waals surface area contributed by atoms with Crippen molar-refractivity contribution < 1.29 is 4.79 Å². The van der Waals surface area contributed by atoms with E-state index < -0.39 is 0 Å². The van der Waals surface area contributed by atoms with Crippen LogP contribution in [0.25, 0.3) is 0 Å². The molecule has 1 spiro atoms. The Balaban J connectivity index is 1.59. The van der Waals surface area contributed by atoms with E-state index >= 15 is 0 Å². The average molecular weight is 259 g/mol. The number of piperidine rings is 1. The number of rotatable bonds is 2. The zero-order valence-corrected chi connectivity index (χ0v) is 11.4. The van der Waals surface area contributed by atoms with Crippen LogP contribution < -0.4 is 10.6 Å². The first-order valence-electron chi connectivity index (χ1n) is 7.03. The van der Waals surface area contributed by atoms with Crippen molar-refractivity contribution in [3.05, 3.63) is 35.9 Å². The fourth-order valence-electron chi connectivity index (χ4n) is 3.16. The van der Waals surface area contributed by atoms with E-state index in [9.17, 15) is 4.79 Å². The normalized spacial score (nSPS) is 26.6. The predicted octanol–water partition coefficient (Wildman–Crippen LogP) is 1.09. The monoisotopic (exact) mass is 259 g/mol. The van der Waals surface area contributed by atoms with Crippen LogP contribution in [0.1, 0.15) is 25.3 Å². The fraction of sp³-hybridized carbons (Fsp3) is 0.533. The molecule has 19 heavy (non-hydrogen) atoms. The molecule has 0 bridgehead atoms. The minimum absolute atomic E-state index is 0.105. The molecule has 2 saturated heterocycles. The van der Waals surface area contributed by atoms with Crippen molar-refractivity contribution in [2.24, 2.45) is 0 Å². The van der Waals surface area contributed by atoms with E-state index in [4.69, 9.17) is 0 Å². The molecule has 1 aromatic rings. The number of amides is 1. The van der Waals surface area contributed by atoms with Crippen molar-refractivity contribution in [1.29, 1.82) is 0 Å². The highest BCUT2D eigenvalue weighted by atomic mass is 16.2. The molecule has 0 radical (unpaired) electrons. The van der Waals surface area contributed by atoms with E-state index in [-0.39, 0.29) is 17.6 Å². The first-order chi connectivity index (χ1) is 9.18. The summed E-state index contributed by atoms with van der Waals surface area (Å²) in [5, 5.41) is 6.39. The van der Waals surface area contributed by atoms with Gasteiger partial charge in [-0.25, -0.2) is 0 Å². The smallest absolute Gasteiger partial charge is 0.241 e.